The van der Waals surface area contributed by atoms with Gasteiger partial charge < -0.3 is 14.2 Å². The normalized spacial score (nSPS) is 10.7. The van der Waals surface area contributed by atoms with Gasteiger partial charge in [0.25, 0.3) is 0 Å². The number of rotatable bonds is 5. The van der Waals surface area contributed by atoms with Gasteiger partial charge in [0.15, 0.2) is 0 Å². The van der Waals surface area contributed by atoms with Crippen molar-refractivity contribution < 1.29 is 9.53 Å². The van der Waals surface area contributed by atoms with Crippen LogP contribution in [0.15, 0.2) is 60.8 Å². The molecule has 3 aromatic rings. The molecule has 3 rings (SSSR count). The van der Waals surface area contributed by atoms with Crippen LogP contribution in [0.3, 0.4) is 0 Å². The summed E-state index contributed by atoms with van der Waals surface area (Å²) in [7, 11) is 3.49. The molecule has 0 saturated heterocycles. The smallest absolute Gasteiger partial charge is 0.242 e. The van der Waals surface area contributed by atoms with Crippen molar-refractivity contribution in [3.05, 3.63) is 66.4 Å². The highest BCUT2D eigenvalue weighted by Crippen LogP contribution is 2.22. The van der Waals surface area contributed by atoms with E-state index >= 15 is 0 Å². The van der Waals surface area contributed by atoms with Crippen molar-refractivity contribution in [3.8, 4) is 5.75 Å². The van der Waals surface area contributed by atoms with Gasteiger partial charge in [0.05, 0.1) is 7.11 Å². The highest BCUT2D eigenvalue weighted by atomic mass is 16.5. The van der Waals surface area contributed by atoms with Gasteiger partial charge in [-0.25, -0.2) is 0 Å². The molecular weight excluding hydrogens is 288 g/mol. The first-order valence-corrected chi connectivity index (χ1v) is 7.58. The Hall–Kier alpha value is -2.75. The van der Waals surface area contributed by atoms with E-state index in [4.69, 9.17) is 4.74 Å². The van der Waals surface area contributed by atoms with Crippen LogP contribution in [0.1, 0.15) is 5.56 Å². The summed E-state index contributed by atoms with van der Waals surface area (Å²) in [6.07, 6.45) is 1.94. The lowest BCUT2D eigenvalue weighted by atomic mass is 10.2. The van der Waals surface area contributed by atoms with Crippen LogP contribution < -0.4 is 4.74 Å². The maximum atomic E-state index is 12.5. The number of ether oxygens (including phenoxy) is 1. The molecular formula is C19H20N2O2. The first kappa shape index (κ1) is 15.2. The molecule has 23 heavy (non-hydrogen) atoms. The Kier molecular flexibility index (Phi) is 4.33. The van der Waals surface area contributed by atoms with E-state index in [1.165, 1.54) is 0 Å². The van der Waals surface area contributed by atoms with Gasteiger partial charge in [-0.15, -0.1) is 0 Å². The summed E-state index contributed by atoms with van der Waals surface area (Å²) in [5, 5.41) is 1.07. The van der Waals surface area contributed by atoms with Crippen LogP contribution in [-0.2, 0) is 17.9 Å². The second-order valence-corrected chi connectivity index (χ2v) is 5.60. The fraction of sp³-hybridized carbons (Fsp3) is 0.211. The number of carbonyl (C=O) groups is 1. The van der Waals surface area contributed by atoms with E-state index in [9.17, 15) is 4.79 Å². The number of aromatic nitrogens is 1. The minimum Gasteiger partial charge on any atom is -0.497 e. The minimum atomic E-state index is 0.0853. The van der Waals surface area contributed by atoms with Gasteiger partial charge in [0.1, 0.15) is 12.3 Å². The summed E-state index contributed by atoms with van der Waals surface area (Å²) >= 11 is 0. The quantitative estimate of drug-likeness (QED) is 0.725. The number of likely N-dealkylation sites (N-methyl/N-ethyl adjacent to an activating group) is 1. The number of benzene rings is 2. The van der Waals surface area contributed by atoms with Crippen molar-refractivity contribution in [2.24, 2.45) is 0 Å². The van der Waals surface area contributed by atoms with Crippen molar-refractivity contribution in [3.63, 3.8) is 0 Å². The Labute approximate surface area is 135 Å². The van der Waals surface area contributed by atoms with E-state index in [0.717, 1.165) is 22.2 Å². The standard InChI is InChI=1S/C19H20N2O2/c1-20(13-15-6-4-3-5-7-15)19(22)14-21-11-10-16-12-17(23-2)8-9-18(16)21/h3-12H,13-14H2,1-2H3. The lowest BCUT2D eigenvalue weighted by molar-refractivity contribution is -0.131. The number of hydrogen-bond donors (Lipinski definition) is 0. The van der Waals surface area contributed by atoms with Crippen LogP contribution in [0.25, 0.3) is 10.9 Å². The molecule has 4 nitrogen and oxygen atoms in total. The van der Waals surface area contributed by atoms with E-state index in [1.807, 2.05) is 72.4 Å². The number of hydrogen-bond acceptors (Lipinski definition) is 2. The maximum Gasteiger partial charge on any atom is 0.242 e. The molecule has 0 bridgehead atoms. The van der Waals surface area contributed by atoms with Gasteiger partial charge in [-0.1, -0.05) is 30.3 Å². The molecule has 0 saturated carbocycles. The fourth-order valence-electron chi connectivity index (χ4n) is 2.65. The second kappa shape index (κ2) is 6.57. The second-order valence-electron chi connectivity index (χ2n) is 5.60. The number of carbonyl (C=O) groups excluding carboxylic acids is 1. The first-order valence-electron chi connectivity index (χ1n) is 7.58. The summed E-state index contributed by atoms with van der Waals surface area (Å²) in [6, 6.07) is 17.9. The van der Waals surface area contributed by atoms with Crippen molar-refractivity contribution in [1.82, 2.24) is 9.47 Å². The molecule has 0 fully saturated rings. The molecule has 0 atom stereocenters. The van der Waals surface area contributed by atoms with E-state index in [2.05, 4.69) is 0 Å². The predicted octanol–water partition coefficient (Wildman–Crippen LogP) is 3.31. The van der Waals surface area contributed by atoms with Crippen LogP contribution in [0.5, 0.6) is 5.75 Å². The number of amides is 1. The average molecular weight is 308 g/mol. The molecule has 0 radical (unpaired) electrons. The summed E-state index contributed by atoms with van der Waals surface area (Å²) in [4.78, 5) is 14.2. The van der Waals surface area contributed by atoms with Crippen LogP contribution in [0, 0.1) is 0 Å². The molecule has 1 amide bonds. The topological polar surface area (TPSA) is 34.5 Å². The van der Waals surface area contributed by atoms with Crippen molar-refractivity contribution >= 4 is 16.8 Å². The SMILES string of the molecule is COc1ccc2c(ccn2CC(=O)N(C)Cc2ccccc2)c1. The maximum absolute atomic E-state index is 12.5. The molecule has 1 aromatic heterocycles. The molecule has 2 aromatic carbocycles. The Morgan fingerprint density at radius 2 is 1.91 bits per heavy atom. The predicted molar refractivity (Wildman–Crippen MR) is 91.4 cm³/mol. The first-order chi connectivity index (χ1) is 11.2. The summed E-state index contributed by atoms with van der Waals surface area (Å²) < 4.78 is 7.20. The molecule has 118 valence electrons. The Morgan fingerprint density at radius 3 is 2.65 bits per heavy atom. The highest BCUT2D eigenvalue weighted by Gasteiger charge is 2.11. The van der Waals surface area contributed by atoms with Gasteiger partial charge in [0.2, 0.25) is 5.91 Å². The van der Waals surface area contributed by atoms with E-state index in [1.54, 1.807) is 12.0 Å². The number of methoxy groups -OCH3 is 1. The van der Waals surface area contributed by atoms with Gasteiger partial charge in [-0.3, -0.25) is 4.79 Å². The van der Waals surface area contributed by atoms with E-state index in [0.29, 0.717) is 13.1 Å². The molecule has 1 heterocycles. The van der Waals surface area contributed by atoms with Crippen molar-refractivity contribution in [1.29, 1.82) is 0 Å². The molecule has 0 unspecified atom stereocenters. The minimum absolute atomic E-state index is 0.0853. The third-order valence-corrected chi connectivity index (χ3v) is 3.97. The van der Waals surface area contributed by atoms with Crippen molar-refractivity contribution in [2.75, 3.05) is 14.2 Å². The Balaban J connectivity index is 1.72. The fourth-order valence-corrected chi connectivity index (χ4v) is 2.65. The Morgan fingerprint density at radius 1 is 1.13 bits per heavy atom. The number of fused-ring (bicyclic) bond motifs is 1. The van der Waals surface area contributed by atoms with Gasteiger partial charge in [-0.2, -0.15) is 0 Å². The monoisotopic (exact) mass is 308 g/mol. The Bertz CT molecular complexity index is 809. The zero-order chi connectivity index (χ0) is 16.2. The lowest BCUT2D eigenvalue weighted by Crippen LogP contribution is -2.29. The third-order valence-electron chi connectivity index (χ3n) is 3.97. The molecule has 4 heteroatoms. The molecule has 0 aliphatic carbocycles. The molecule has 0 N–H and O–H groups in total. The third kappa shape index (κ3) is 3.37. The summed E-state index contributed by atoms with van der Waals surface area (Å²) in [6.45, 7) is 0.950. The van der Waals surface area contributed by atoms with E-state index in [-0.39, 0.29) is 5.91 Å². The zero-order valence-electron chi connectivity index (χ0n) is 13.4. The average Bonchev–Trinajstić information content (AvgIpc) is 2.97. The van der Waals surface area contributed by atoms with Crippen LogP contribution >= 0.6 is 0 Å². The van der Waals surface area contributed by atoms with Crippen LogP contribution in [-0.4, -0.2) is 29.5 Å². The van der Waals surface area contributed by atoms with E-state index < -0.39 is 0 Å². The van der Waals surface area contributed by atoms with Crippen LogP contribution in [0.4, 0.5) is 0 Å². The van der Waals surface area contributed by atoms with Crippen molar-refractivity contribution in [2.45, 2.75) is 13.1 Å². The zero-order valence-corrected chi connectivity index (χ0v) is 13.4. The molecule has 0 aliphatic rings. The van der Waals surface area contributed by atoms with Gasteiger partial charge in [-0.05, 0) is 29.8 Å². The van der Waals surface area contributed by atoms with Gasteiger partial charge >= 0.3 is 0 Å². The summed E-state index contributed by atoms with van der Waals surface area (Å²) in [5.41, 5.74) is 2.16. The highest BCUT2D eigenvalue weighted by molar-refractivity contribution is 5.84. The molecule has 0 aliphatic heterocycles. The van der Waals surface area contributed by atoms with Gasteiger partial charge in [0, 0.05) is 30.7 Å². The number of nitrogens with zero attached hydrogens (tertiary/aromatic N) is 2. The largest absolute Gasteiger partial charge is 0.497 e. The molecule has 0 spiro atoms. The van der Waals surface area contributed by atoms with Crippen LogP contribution in [0.2, 0.25) is 0 Å². The lowest BCUT2D eigenvalue weighted by Gasteiger charge is -2.18. The summed E-state index contributed by atoms with van der Waals surface area (Å²) in [5.74, 6) is 0.907.